The lowest BCUT2D eigenvalue weighted by Crippen LogP contribution is -2.51. The van der Waals surface area contributed by atoms with Gasteiger partial charge in [0.1, 0.15) is 0 Å². The molecule has 1 heterocycles. The molecule has 0 aromatic heterocycles. The van der Waals surface area contributed by atoms with Crippen LogP contribution in [0.5, 0.6) is 0 Å². The second kappa shape index (κ2) is 3.56. The van der Waals surface area contributed by atoms with Crippen molar-refractivity contribution in [2.45, 2.75) is 56.3 Å². The van der Waals surface area contributed by atoms with Crippen molar-refractivity contribution in [2.24, 2.45) is 5.73 Å². The van der Waals surface area contributed by atoms with Crippen LogP contribution in [0.4, 0.5) is 0 Å². The molecule has 76 valence electrons. The smallest absolute Gasteiger partial charge is 0.0678 e. The van der Waals surface area contributed by atoms with E-state index in [1.165, 1.54) is 12.8 Å². The van der Waals surface area contributed by atoms with E-state index in [1.807, 2.05) is 0 Å². The summed E-state index contributed by atoms with van der Waals surface area (Å²) >= 11 is 0. The fourth-order valence-electron chi connectivity index (χ4n) is 2.42. The summed E-state index contributed by atoms with van der Waals surface area (Å²) in [6.07, 6.45) is 6.18. The fraction of sp³-hybridized carbons (Fsp3) is 1.00. The molecular formula is C10H19NO2. The van der Waals surface area contributed by atoms with Gasteiger partial charge in [0.15, 0.2) is 0 Å². The summed E-state index contributed by atoms with van der Waals surface area (Å²) in [4.78, 5) is 0. The lowest BCUT2D eigenvalue weighted by atomic mass is 9.73. The van der Waals surface area contributed by atoms with Crippen molar-refractivity contribution >= 4 is 0 Å². The van der Waals surface area contributed by atoms with E-state index in [0.29, 0.717) is 6.10 Å². The summed E-state index contributed by atoms with van der Waals surface area (Å²) in [5.74, 6) is 0. The summed E-state index contributed by atoms with van der Waals surface area (Å²) in [6.45, 7) is 0.905. The van der Waals surface area contributed by atoms with Gasteiger partial charge in [0, 0.05) is 12.6 Å². The minimum absolute atomic E-state index is 0.231. The van der Waals surface area contributed by atoms with Gasteiger partial charge in [-0.15, -0.1) is 0 Å². The number of nitrogens with two attached hydrogens (primary N) is 1. The van der Waals surface area contributed by atoms with Gasteiger partial charge < -0.3 is 15.6 Å². The number of ether oxygens (including phenoxy) is 1. The molecule has 1 atom stereocenters. The minimum Gasteiger partial charge on any atom is -0.390 e. The van der Waals surface area contributed by atoms with E-state index >= 15 is 0 Å². The van der Waals surface area contributed by atoms with Gasteiger partial charge in [0.2, 0.25) is 0 Å². The normalized spacial score (nSPS) is 44.8. The van der Waals surface area contributed by atoms with Crippen molar-refractivity contribution in [3.8, 4) is 0 Å². The molecule has 0 bridgehead atoms. The molecule has 2 rings (SSSR count). The molecule has 1 aliphatic heterocycles. The zero-order valence-electron chi connectivity index (χ0n) is 8.04. The Hall–Kier alpha value is -0.120. The molecule has 1 unspecified atom stereocenters. The maximum absolute atomic E-state index is 9.91. The van der Waals surface area contributed by atoms with Crippen LogP contribution in [0.25, 0.3) is 0 Å². The molecule has 13 heavy (non-hydrogen) atoms. The third-order valence-electron chi connectivity index (χ3n) is 3.24. The van der Waals surface area contributed by atoms with Gasteiger partial charge in [-0.05, 0) is 38.5 Å². The van der Waals surface area contributed by atoms with Crippen molar-refractivity contribution < 1.29 is 9.84 Å². The van der Waals surface area contributed by atoms with E-state index in [9.17, 15) is 5.11 Å². The van der Waals surface area contributed by atoms with Crippen molar-refractivity contribution in [1.82, 2.24) is 0 Å². The predicted molar refractivity (Wildman–Crippen MR) is 50.4 cm³/mol. The van der Waals surface area contributed by atoms with Crippen molar-refractivity contribution in [1.29, 1.82) is 0 Å². The van der Waals surface area contributed by atoms with E-state index < -0.39 is 5.60 Å². The van der Waals surface area contributed by atoms with Gasteiger partial charge in [-0.2, -0.15) is 0 Å². The predicted octanol–water partition coefficient (Wildman–Crippen LogP) is 0.798. The van der Waals surface area contributed by atoms with Gasteiger partial charge in [0.25, 0.3) is 0 Å². The zero-order valence-corrected chi connectivity index (χ0v) is 8.04. The van der Waals surface area contributed by atoms with Gasteiger partial charge in [-0.25, -0.2) is 0 Å². The molecule has 3 heteroatoms. The molecule has 0 amide bonds. The summed E-state index contributed by atoms with van der Waals surface area (Å²) in [5.41, 5.74) is 5.19. The topological polar surface area (TPSA) is 55.5 Å². The van der Waals surface area contributed by atoms with Crippen LogP contribution in [0.1, 0.15) is 38.5 Å². The Morgan fingerprint density at radius 1 is 1.46 bits per heavy atom. The van der Waals surface area contributed by atoms with Crippen LogP contribution in [-0.2, 0) is 4.74 Å². The van der Waals surface area contributed by atoms with E-state index in [0.717, 1.165) is 32.3 Å². The molecule has 3 nitrogen and oxygen atoms in total. The quantitative estimate of drug-likeness (QED) is 0.683. The highest BCUT2D eigenvalue weighted by atomic mass is 16.5. The van der Waals surface area contributed by atoms with Crippen molar-refractivity contribution in [2.75, 3.05) is 6.61 Å². The van der Waals surface area contributed by atoms with Crippen LogP contribution < -0.4 is 5.73 Å². The first-order valence-electron chi connectivity index (χ1n) is 5.27. The highest BCUT2D eigenvalue weighted by molar-refractivity contribution is 4.96. The fourth-order valence-corrected chi connectivity index (χ4v) is 2.42. The maximum Gasteiger partial charge on any atom is 0.0678 e. The third kappa shape index (κ3) is 2.22. The number of hydrogen-bond donors (Lipinski definition) is 2. The molecule has 0 spiro atoms. The molecule has 2 fully saturated rings. The minimum atomic E-state index is -0.453. The molecule has 3 N–H and O–H groups in total. The molecule has 0 aromatic carbocycles. The van der Waals surface area contributed by atoms with Crippen molar-refractivity contribution in [3.05, 3.63) is 0 Å². The SMILES string of the molecule is NC1CC(O)(CCC2CCCO2)C1. The molecule has 1 aliphatic carbocycles. The Morgan fingerprint density at radius 3 is 2.77 bits per heavy atom. The Balaban J connectivity index is 1.67. The largest absolute Gasteiger partial charge is 0.390 e. The van der Waals surface area contributed by atoms with Gasteiger partial charge >= 0.3 is 0 Å². The lowest BCUT2D eigenvalue weighted by molar-refractivity contribution is -0.0624. The molecule has 1 saturated heterocycles. The Bertz CT molecular complexity index is 172. The molecular weight excluding hydrogens is 166 g/mol. The van der Waals surface area contributed by atoms with Crippen LogP contribution in [0, 0.1) is 0 Å². The Kier molecular flexibility index (Phi) is 2.58. The van der Waals surface area contributed by atoms with Crippen LogP contribution in [0.3, 0.4) is 0 Å². The summed E-state index contributed by atoms with van der Waals surface area (Å²) in [5, 5.41) is 9.91. The second-order valence-corrected chi connectivity index (χ2v) is 4.57. The van der Waals surface area contributed by atoms with Crippen LogP contribution >= 0.6 is 0 Å². The van der Waals surface area contributed by atoms with E-state index in [4.69, 9.17) is 10.5 Å². The summed E-state index contributed by atoms with van der Waals surface area (Å²) in [6, 6.07) is 0.231. The van der Waals surface area contributed by atoms with Gasteiger partial charge in [0.05, 0.1) is 11.7 Å². The average Bonchev–Trinajstić information content (AvgIpc) is 2.50. The van der Waals surface area contributed by atoms with E-state index in [1.54, 1.807) is 0 Å². The summed E-state index contributed by atoms with van der Waals surface area (Å²) in [7, 11) is 0. The number of hydrogen-bond acceptors (Lipinski definition) is 3. The number of aliphatic hydroxyl groups is 1. The number of rotatable bonds is 3. The Labute approximate surface area is 79.3 Å². The first kappa shape index (κ1) is 9.44. The highest BCUT2D eigenvalue weighted by Gasteiger charge is 2.40. The van der Waals surface area contributed by atoms with Crippen LogP contribution in [0.2, 0.25) is 0 Å². The first-order chi connectivity index (χ1) is 6.18. The standard InChI is InChI=1S/C10H19NO2/c11-8-6-10(12,7-8)4-3-9-2-1-5-13-9/h8-9,12H,1-7,11H2. The highest BCUT2D eigenvalue weighted by Crippen LogP contribution is 2.36. The average molecular weight is 185 g/mol. The van der Waals surface area contributed by atoms with Gasteiger partial charge in [-0.1, -0.05) is 0 Å². The lowest BCUT2D eigenvalue weighted by Gasteiger charge is -2.42. The summed E-state index contributed by atoms with van der Waals surface area (Å²) < 4.78 is 5.50. The van der Waals surface area contributed by atoms with Crippen molar-refractivity contribution in [3.63, 3.8) is 0 Å². The molecule has 1 saturated carbocycles. The molecule has 2 aliphatic rings. The molecule has 0 radical (unpaired) electrons. The van der Waals surface area contributed by atoms with Crippen LogP contribution in [0.15, 0.2) is 0 Å². The first-order valence-corrected chi connectivity index (χ1v) is 5.27. The zero-order chi connectivity index (χ0) is 9.31. The van der Waals surface area contributed by atoms with E-state index in [-0.39, 0.29) is 6.04 Å². The van der Waals surface area contributed by atoms with Crippen LogP contribution in [-0.4, -0.2) is 29.5 Å². The Morgan fingerprint density at radius 2 is 2.23 bits per heavy atom. The second-order valence-electron chi connectivity index (χ2n) is 4.57. The maximum atomic E-state index is 9.91. The third-order valence-corrected chi connectivity index (χ3v) is 3.24. The van der Waals surface area contributed by atoms with E-state index in [2.05, 4.69) is 0 Å². The molecule has 0 aromatic rings. The monoisotopic (exact) mass is 185 g/mol. The van der Waals surface area contributed by atoms with Gasteiger partial charge in [-0.3, -0.25) is 0 Å².